The number of benzene rings is 1. The van der Waals surface area contributed by atoms with Crippen LogP contribution < -0.4 is 4.74 Å². The molecule has 5 heteroatoms. The molecular weight excluding hydrogens is 271 g/mol. The second-order valence-electron chi connectivity index (χ2n) is 3.77. The van der Waals surface area contributed by atoms with E-state index < -0.39 is 0 Å². The van der Waals surface area contributed by atoms with E-state index in [1.54, 1.807) is 13.3 Å². The Hall–Kier alpha value is -1.19. The lowest BCUT2D eigenvalue weighted by Crippen LogP contribution is -2.04. The molecule has 0 aliphatic rings. The zero-order valence-electron chi connectivity index (χ0n) is 10.2. The van der Waals surface area contributed by atoms with Gasteiger partial charge in [-0.15, -0.1) is 24.0 Å². The van der Waals surface area contributed by atoms with E-state index in [9.17, 15) is 0 Å². The maximum absolute atomic E-state index is 5.83. The van der Waals surface area contributed by atoms with Crippen LogP contribution in [0.25, 0.3) is 0 Å². The fourth-order valence-electron chi connectivity index (χ4n) is 1.81. The second-order valence-corrected chi connectivity index (χ2v) is 4.04. The van der Waals surface area contributed by atoms with Crippen molar-refractivity contribution in [2.75, 3.05) is 7.11 Å². The molecule has 0 spiro atoms. The number of halogens is 2. The lowest BCUT2D eigenvalue weighted by atomic mass is 10.1. The quantitative estimate of drug-likeness (QED) is 0.789. The Morgan fingerprint density at radius 2 is 2.11 bits per heavy atom. The van der Waals surface area contributed by atoms with Gasteiger partial charge in [-0.3, -0.25) is 0 Å². The smallest absolute Gasteiger partial charge is 0.122 e. The number of ether oxygens (including phenoxy) is 1. The van der Waals surface area contributed by atoms with Crippen LogP contribution in [-0.4, -0.2) is 16.7 Å². The highest BCUT2D eigenvalue weighted by Crippen LogP contribution is 2.18. The van der Waals surface area contributed by atoms with E-state index in [2.05, 4.69) is 15.6 Å². The molecule has 18 heavy (non-hydrogen) atoms. The second kappa shape index (κ2) is 7.29. The van der Waals surface area contributed by atoms with E-state index in [0.29, 0.717) is 5.88 Å². The molecule has 1 aromatic carbocycles. The maximum Gasteiger partial charge on any atom is 0.122 e. The Morgan fingerprint density at radius 3 is 2.83 bits per heavy atom. The van der Waals surface area contributed by atoms with Gasteiger partial charge in [-0.2, -0.15) is 0 Å². The number of methoxy groups -OCH3 is 1. The SMILES string of the molecule is COc1ccccc1CCn1cncc1CCl.Cl. The summed E-state index contributed by atoms with van der Waals surface area (Å²) in [5.74, 6) is 1.42. The number of nitrogens with zero attached hydrogens (tertiary/aromatic N) is 2. The molecule has 0 saturated heterocycles. The first-order chi connectivity index (χ1) is 8.35. The van der Waals surface area contributed by atoms with Crippen LogP contribution >= 0.6 is 24.0 Å². The fourth-order valence-corrected chi connectivity index (χ4v) is 2.03. The maximum atomic E-state index is 5.83. The molecule has 1 heterocycles. The van der Waals surface area contributed by atoms with Crippen molar-refractivity contribution in [3.63, 3.8) is 0 Å². The van der Waals surface area contributed by atoms with E-state index in [1.807, 2.05) is 24.5 Å². The third-order valence-electron chi connectivity index (χ3n) is 2.75. The predicted octanol–water partition coefficient (Wildman–Crippen LogP) is 3.30. The van der Waals surface area contributed by atoms with Gasteiger partial charge in [0.15, 0.2) is 0 Å². The number of alkyl halides is 1. The van der Waals surface area contributed by atoms with Crippen molar-refractivity contribution < 1.29 is 4.74 Å². The van der Waals surface area contributed by atoms with Crippen LogP contribution in [-0.2, 0) is 18.8 Å². The van der Waals surface area contributed by atoms with Gasteiger partial charge in [-0.25, -0.2) is 4.98 Å². The molecule has 0 unspecified atom stereocenters. The molecule has 2 rings (SSSR count). The summed E-state index contributed by atoms with van der Waals surface area (Å²) in [6.07, 6.45) is 4.52. The summed E-state index contributed by atoms with van der Waals surface area (Å²) in [4.78, 5) is 4.10. The van der Waals surface area contributed by atoms with Gasteiger partial charge in [0, 0.05) is 12.7 Å². The molecule has 0 radical (unpaired) electrons. The topological polar surface area (TPSA) is 27.1 Å². The summed E-state index contributed by atoms with van der Waals surface area (Å²) < 4.78 is 7.39. The van der Waals surface area contributed by atoms with Crippen molar-refractivity contribution in [1.29, 1.82) is 0 Å². The lowest BCUT2D eigenvalue weighted by molar-refractivity contribution is 0.408. The molecule has 0 amide bonds. The molecule has 3 nitrogen and oxygen atoms in total. The van der Waals surface area contributed by atoms with E-state index in [0.717, 1.165) is 24.4 Å². The Kier molecular flexibility index (Phi) is 6.02. The molecular formula is C13H16Cl2N2O. The average Bonchev–Trinajstić information content (AvgIpc) is 2.84. The van der Waals surface area contributed by atoms with Crippen molar-refractivity contribution in [3.8, 4) is 5.75 Å². The first-order valence-corrected chi connectivity index (χ1v) is 6.05. The van der Waals surface area contributed by atoms with Crippen LogP contribution in [0.4, 0.5) is 0 Å². The van der Waals surface area contributed by atoms with Crippen molar-refractivity contribution in [2.24, 2.45) is 0 Å². The average molecular weight is 287 g/mol. The summed E-state index contributed by atoms with van der Waals surface area (Å²) in [5.41, 5.74) is 2.24. The van der Waals surface area contributed by atoms with E-state index in [4.69, 9.17) is 16.3 Å². The van der Waals surface area contributed by atoms with Crippen molar-refractivity contribution >= 4 is 24.0 Å². The van der Waals surface area contributed by atoms with Gasteiger partial charge in [0.1, 0.15) is 5.75 Å². The van der Waals surface area contributed by atoms with Crippen LogP contribution in [0.2, 0.25) is 0 Å². The Balaban J connectivity index is 0.00000162. The van der Waals surface area contributed by atoms with Crippen LogP contribution in [0.15, 0.2) is 36.8 Å². The van der Waals surface area contributed by atoms with Crippen LogP contribution in [0.5, 0.6) is 5.75 Å². The number of aromatic nitrogens is 2. The summed E-state index contributed by atoms with van der Waals surface area (Å²) in [6.45, 7) is 0.864. The van der Waals surface area contributed by atoms with Crippen molar-refractivity contribution in [1.82, 2.24) is 9.55 Å². The van der Waals surface area contributed by atoms with Gasteiger partial charge < -0.3 is 9.30 Å². The molecule has 0 N–H and O–H groups in total. The molecule has 0 aliphatic heterocycles. The van der Waals surface area contributed by atoms with Crippen LogP contribution in [0, 0.1) is 0 Å². The molecule has 0 atom stereocenters. The van der Waals surface area contributed by atoms with Gasteiger partial charge in [-0.05, 0) is 18.1 Å². The third-order valence-corrected chi connectivity index (χ3v) is 3.02. The van der Waals surface area contributed by atoms with Gasteiger partial charge in [0.2, 0.25) is 0 Å². The Labute approximate surface area is 118 Å². The molecule has 0 saturated carbocycles. The van der Waals surface area contributed by atoms with Crippen molar-refractivity contribution in [3.05, 3.63) is 48.0 Å². The highest BCUT2D eigenvalue weighted by molar-refractivity contribution is 6.16. The van der Waals surface area contributed by atoms with E-state index in [-0.39, 0.29) is 12.4 Å². The van der Waals surface area contributed by atoms with Crippen LogP contribution in [0.1, 0.15) is 11.3 Å². The highest BCUT2D eigenvalue weighted by Gasteiger charge is 2.04. The summed E-state index contributed by atoms with van der Waals surface area (Å²) in [7, 11) is 1.69. The first kappa shape index (κ1) is 14.9. The molecule has 0 aliphatic carbocycles. The first-order valence-electron chi connectivity index (χ1n) is 5.52. The normalized spacial score (nSPS) is 9.89. The summed E-state index contributed by atoms with van der Waals surface area (Å²) in [6, 6.07) is 8.06. The zero-order chi connectivity index (χ0) is 12.1. The third kappa shape index (κ3) is 3.40. The Morgan fingerprint density at radius 1 is 1.33 bits per heavy atom. The van der Waals surface area contributed by atoms with Crippen LogP contribution in [0.3, 0.4) is 0 Å². The zero-order valence-corrected chi connectivity index (χ0v) is 11.7. The number of rotatable bonds is 5. The fraction of sp³-hybridized carbons (Fsp3) is 0.308. The molecule has 0 fully saturated rings. The van der Waals surface area contributed by atoms with Gasteiger partial charge in [-0.1, -0.05) is 18.2 Å². The minimum Gasteiger partial charge on any atom is -0.496 e. The standard InChI is InChI=1S/C13H15ClN2O.ClH/c1-17-13-5-3-2-4-11(13)6-7-16-10-15-9-12(16)8-14;/h2-5,9-10H,6-8H2,1H3;1H. The largest absolute Gasteiger partial charge is 0.496 e. The monoisotopic (exact) mass is 286 g/mol. The minimum atomic E-state index is 0. The van der Waals surface area contributed by atoms with E-state index in [1.165, 1.54) is 5.56 Å². The number of para-hydroxylation sites is 1. The molecule has 98 valence electrons. The Bertz CT molecular complexity index is 485. The molecule has 0 bridgehead atoms. The minimum absolute atomic E-state index is 0. The van der Waals surface area contributed by atoms with Gasteiger partial charge >= 0.3 is 0 Å². The number of hydrogen-bond donors (Lipinski definition) is 0. The molecule has 2 aromatic rings. The van der Waals surface area contributed by atoms with E-state index >= 15 is 0 Å². The predicted molar refractivity (Wildman–Crippen MR) is 75.7 cm³/mol. The summed E-state index contributed by atoms with van der Waals surface area (Å²) in [5, 5.41) is 0. The highest BCUT2D eigenvalue weighted by atomic mass is 35.5. The van der Waals surface area contributed by atoms with Gasteiger partial charge in [0.25, 0.3) is 0 Å². The number of aryl methyl sites for hydroxylation is 2. The number of hydrogen-bond acceptors (Lipinski definition) is 2. The number of imidazole rings is 1. The van der Waals surface area contributed by atoms with Gasteiger partial charge in [0.05, 0.1) is 25.0 Å². The van der Waals surface area contributed by atoms with Crippen molar-refractivity contribution in [2.45, 2.75) is 18.8 Å². The molecule has 1 aromatic heterocycles. The summed E-state index contributed by atoms with van der Waals surface area (Å²) >= 11 is 5.83. The lowest BCUT2D eigenvalue weighted by Gasteiger charge is -2.09.